The summed E-state index contributed by atoms with van der Waals surface area (Å²) in [4.78, 5) is 26.9. The molecule has 2 aromatic rings. The van der Waals surface area contributed by atoms with Crippen molar-refractivity contribution in [3.8, 4) is 0 Å². The lowest BCUT2D eigenvalue weighted by Crippen LogP contribution is -2.57. The number of methoxy groups -OCH3 is 1. The predicted molar refractivity (Wildman–Crippen MR) is 170 cm³/mol. The molecule has 2 aromatic carbocycles. The number of nitrogens with one attached hydrogen (secondary N) is 2. The van der Waals surface area contributed by atoms with Crippen LogP contribution in [-0.2, 0) is 37.1 Å². The molecule has 258 valence electrons. The Morgan fingerprint density at radius 2 is 1.87 bits per heavy atom. The van der Waals surface area contributed by atoms with Gasteiger partial charge in [0.05, 0.1) is 24.5 Å². The van der Waals surface area contributed by atoms with Crippen molar-refractivity contribution in [1.82, 2.24) is 14.9 Å². The molecule has 3 saturated heterocycles. The number of nitrogens with zero attached hydrogens (tertiary/aromatic N) is 1. The van der Waals surface area contributed by atoms with E-state index in [4.69, 9.17) is 9.47 Å². The Labute approximate surface area is 274 Å². The molecule has 0 aliphatic carbocycles. The fourth-order valence-electron chi connectivity index (χ4n) is 7.49. The molecular formula is C34H44F3N3O6S. The van der Waals surface area contributed by atoms with Gasteiger partial charge in [0.2, 0.25) is 10.0 Å². The molecule has 5 rings (SSSR count). The predicted octanol–water partition coefficient (Wildman–Crippen LogP) is 4.63. The number of alkyl carbamates (subject to hydrolysis) is 1. The van der Waals surface area contributed by atoms with Gasteiger partial charge in [-0.05, 0) is 93.2 Å². The molecule has 0 spiro atoms. The van der Waals surface area contributed by atoms with Crippen LogP contribution >= 0.6 is 0 Å². The minimum absolute atomic E-state index is 0.000118. The third kappa shape index (κ3) is 8.36. The zero-order valence-electron chi connectivity index (χ0n) is 27.1. The monoisotopic (exact) mass is 679 g/mol. The molecule has 3 aliphatic heterocycles. The molecule has 13 heteroatoms. The summed E-state index contributed by atoms with van der Waals surface area (Å²) in [6.45, 7) is 5.03. The van der Waals surface area contributed by atoms with E-state index in [1.807, 2.05) is 13.8 Å². The van der Waals surface area contributed by atoms with Gasteiger partial charge in [-0.1, -0.05) is 18.2 Å². The lowest BCUT2D eigenvalue weighted by Gasteiger charge is -2.41. The third-order valence-electron chi connectivity index (χ3n) is 9.81. The molecule has 1 amide bonds. The summed E-state index contributed by atoms with van der Waals surface area (Å²) in [5.74, 6) is -3.78. The second kappa shape index (κ2) is 14.6. The van der Waals surface area contributed by atoms with E-state index in [0.29, 0.717) is 44.5 Å². The number of hydrogen-bond donors (Lipinski definition) is 2. The molecule has 2 bridgehead atoms. The topological polar surface area (TPSA) is 114 Å². The van der Waals surface area contributed by atoms with Crippen LogP contribution in [0.1, 0.15) is 68.6 Å². The van der Waals surface area contributed by atoms with Gasteiger partial charge in [0.25, 0.3) is 0 Å². The fourth-order valence-corrected chi connectivity index (χ4v) is 9.29. The van der Waals surface area contributed by atoms with Crippen molar-refractivity contribution in [3.05, 3.63) is 70.5 Å². The number of halogens is 3. The van der Waals surface area contributed by atoms with Crippen LogP contribution in [0.5, 0.6) is 0 Å². The largest absolute Gasteiger partial charge is 0.453 e. The molecule has 2 unspecified atom stereocenters. The molecule has 3 heterocycles. The number of hydrogen-bond acceptors (Lipinski definition) is 7. The van der Waals surface area contributed by atoms with E-state index < -0.39 is 63.0 Å². The average molecular weight is 680 g/mol. The van der Waals surface area contributed by atoms with Crippen LogP contribution in [0.4, 0.5) is 18.0 Å². The van der Waals surface area contributed by atoms with Crippen LogP contribution in [0.3, 0.4) is 0 Å². The van der Waals surface area contributed by atoms with Crippen LogP contribution in [0.25, 0.3) is 0 Å². The maximum Gasteiger partial charge on any atom is 0.407 e. The second-order valence-electron chi connectivity index (χ2n) is 13.5. The summed E-state index contributed by atoms with van der Waals surface area (Å²) < 4.78 is 82.3. The van der Waals surface area contributed by atoms with Crippen molar-refractivity contribution in [1.29, 1.82) is 0 Å². The normalized spacial score (nSPS) is 26.4. The van der Waals surface area contributed by atoms with Crippen molar-refractivity contribution < 1.29 is 40.7 Å². The standard InChI is InChI=1S/C34H44F3N3O6S/c1-34(2)18-23(14-15-46-34)30(21-6-9-24(35)10-7-21)32(39-33(42)45-3)29(41)17-22-8-13-28(36)31(37)27(22)12-11-26-19-38-25-5-4-16-47(43,44)40(26)20-25/h6-10,13,23,25-26,30,32,38H,4-5,11-12,14-20H2,1-3H3,(H,39,42)/t23?,25-,26+,30+,32-/m1/s1. The van der Waals surface area contributed by atoms with Gasteiger partial charge >= 0.3 is 6.09 Å². The smallest absolute Gasteiger partial charge is 0.407 e. The van der Waals surface area contributed by atoms with Gasteiger partial charge in [-0.2, -0.15) is 4.31 Å². The van der Waals surface area contributed by atoms with Gasteiger partial charge in [0.15, 0.2) is 17.4 Å². The van der Waals surface area contributed by atoms with Crippen molar-refractivity contribution in [2.24, 2.45) is 5.92 Å². The number of ketones is 1. The summed E-state index contributed by atoms with van der Waals surface area (Å²) in [5, 5.41) is 6.08. The molecule has 6 atom stereocenters. The van der Waals surface area contributed by atoms with E-state index in [9.17, 15) is 26.8 Å². The maximum atomic E-state index is 15.5. The van der Waals surface area contributed by atoms with Gasteiger partial charge in [0, 0.05) is 44.1 Å². The van der Waals surface area contributed by atoms with Crippen LogP contribution in [0.15, 0.2) is 36.4 Å². The van der Waals surface area contributed by atoms with E-state index in [2.05, 4.69) is 10.6 Å². The van der Waals surface area contributed by atoms with E-state index in [0.717, 1.165) is 12.5 Å². The first kappa shape index (κ1) is 35.3. The molecule has 0 saturated carbocycles. The third-order valence-corrected chi connectivity index (χ3v) is 11.8. The zero-order chi connectivity index (χ0) is 33.9. The maximum absolute atomic E-state index is 15.5. The molecule has 3 aliphatic rings. The highest BCUT2D eigenvalue weighted by Crippen LogP contribution is 2.41. The Balaban J connectivity index is 1.45. The van der Waals surface area contributed by atoms with Crippen LogP contribution < -0.4 is 10.6 Å². The minimum Gasteiger partial charge on any atom is -0.453 e. The first-order chi connectivity index (χ1) is 22.3. The molecular weight excluding hydrogens is 635 g/mol. The number of rotatable bonds is 10. The first-order valence-corrected chi connectivity index (χ1v) is 17.8. The van der Waals surface area contributed by atoms with Gasteiger partial charge in [-0.3, -0.25) is 4.79 Å². The zero-order valence-corrected chi connectivity index (χ0v) is 27.9. The lowest BCUT2D eigenvalue weighted by molar-refractivity contribution is -0.122. The molecule has 2 N–H and O–H groups in total. The Morgan fingerprint density at radius 1 is 1.13 bits per heavy atom. The highest BCUT2D eigenvalue weighted by molar-refractivity contribution is 7.89. The molecule has 0 radical (unpaired) electrons. The Kier molecular flexibility index (Phi) is 11.0. The average Bonchev–Trinajstić information content (AvgIpc) is 3.14. The summed E-state index contributed by atoms with van der Waals surface area (Å²) in [6.07, 6.45) is 1.47. The number of carbonyl (C=O) groups is 2. The summed E-state index contributed by atoms with van der Waals surface area (Å²) in [5.41, 5.74) is 0.365. The molecule has 0 aromatic heterocycles. The van der Waals surface area contributed by atoms with Gasteiger partial charge in [-0.25, -0.2) is 26.4 Å². The van der Waals surface area contributed by atoms with Crippen molar-refractivity contribution >= 4 is 21.9 Å². The van der Waals surface area contributed by atoms with E-state index >= 15 is 4.39 Å². The van der Waals surface area contributed by atoms with Crippen LogP contribution in [-0.4, -0.2) is 80.9 Å². The summed E-state index contributed by atoms with van der Waals surface area (Å²) in [7, 11) is -2.31. The molecule has 3 fully saturated rings. The molecule has 9 nitrogen and oxygen atoms in total. The van der Waals surface area contributed by atoms with E-state index in [1.165, 1.54) is 29.6 Å². The minimum atomic E-state index is -3.49. The number of Topliss-reactive ketones (excluding diaryl/α,β-unsaturated/α-hetero) is 1. The van der Waals surface area contributed by atoms with Crippen molar-refractivity contribution in [2.75, 3.05) is 32.6 Å². The Hall–Kier alpha value is -3.00. The summed E-state index contributed by atoms with van der Waals surface area (Å²) >= 11 is 0. The van der Waals surface area contributed by atoms with Crippen LogP contribution in [0, 0.1) is 23.4 Å². The summed E-state index contributed by atoms with van der Waals surface area (Å²) in [6, 6.07) is 6.56. The number of sulfonamides is 1. The Morgan fingerprint density at radius 3 is 2.57 bits per heavy atom. The highest BCUT2D eigenvalue weighted by atomic mass is 32.2. The number of amides is 1. The van der Waals surface area contributed by atoms with E-state index in [1.54, 1.807) is 12.1 Å². The van der Waals surface area contributed by atoms with E-state index in [-0.39, 0.29) is 48.1 Å². The lowest BCUT2D eigenvalue weighted by atomic mass is 9.71. The van der Waals surface area contributed by atoms with Crippen LogP contribution in [0.2, 0.25) is 0 Å². The van der Waals surface area contributed by atoms with Gasteiger partial charge in [0.1, 0.15) is 5.82 Å². The number of fused-ring (bicyclic) bond motifs is 2. The number of carbonyl (C=O) groups excluding carboxylic acids is 2. The number of benzene rings is 2. The Bertz CT molecular complexity index is 1550. The van der Waals surface area contributed by atoms with Gasteiger partial charge in [-0.15, -0.1) is 0 Å². The number of ether oxygens (including phenoxy) is 2. The number of piperazine rings is 1. The highest BCUT2D eigenvalue weighted by Gasteiger charge is 2.42. The van der Waals surface area contributed by atoms with Gasteiger partial charge < -0.3 is 20.1 Å². The van der Waals surface area contributed by atoms with Crippen molar-refractivity contribution in [3.63, 3.8) is 0 Å². The second-order valence-corrected chi connectivity index (χ2v) is 15.6. The van der Waals surface area contributed by atoms with Crippen molar-refractivity contribution in [2.45, 2.75) is 88.4 Å². The SMILES string of the molecule is COC(=O)N[C@H](C(=O)Cc1ccc(F)c(F)c1CC[C@H]1CN[C@@H]2CCCS(=O)(=O)N1C2)[C@@H](c1ccc(F)cc1)C1CCOC(C)(C)C1. The molecule has 47 heavy (non-hydrogen) atoms. The first-order valence-electron chi connectivity index (χ1n) is 16.2. The fraction of sp³-hybridized carbons (Fsp3) is 0.588. The quantitative estimate of drug-likeness (QED) is 0.377.